The van der Waals surface area contributed by atoms with Crippen LogP contribution in [0.1, 0.15) is 23.8 Å². The minimum Gasteiger partial charge on any atom is -0.324 e. The van der Waals surface area contributed by atoms with Gasteiger partial charge in [0.2, 0.25) is 0 Å². The Bertz CT molecular complexity index is 838. The molecule has 3 rings (SSSR count). The fourth-order valence-electron chi connectivity index (χ4n) is 3.01. The van der Waals surface area contributed by atoms with Crippen molar-refractivity contribution in [3.05, 3.63) is 102 Å². The first-order chi connectivity index (χ1) is 12.7. The summed E-state index contributed by atoms with van der Waals surface area (Å²) in [5, 5.41) is 4.22. The van der Waals surface area contributed by atoms with Gasteiger partial charge in [-0.05, 0) is 30.2 Å². The van der Waals surface area contributed by atoms with Gasteiger partial charge in [0.05, 0.1) is 6.61 Å². The molecule has 0 radical (unpaired) electrons. The van der Waals surface area contributed by atoms with E-state index in [9.17, 15) is 4.57 Å². The molecule has 0 saturated heterocycles. The fourth-order valence-corrected chi connectivity index (χ4v) is 5.47. The second kappa shape index (κ2) is 8.95. The standard InChI is InChI=1S/C22H24NO2P/c1-2-25-26(24,21-16-10-5-11-17-21)22(20-14-8-4-9-15-20)23-18-19-12-6-3-7-13-19/h3-17,22-23H,2,18H2,1H3. The molecule has 0 amide bonds. The highest BCUT2D eigenvalue weighted by molar-refractivity contribution is 7.67. The highest BCUT2D eigenvalue weighted by atomic mass is 31.2. The highest BCUT2D eigenvalue weighted by Gasteiger charge is 2.36. The lowest BCUT2D eigenvalue weighted by Gasteiger charge is -2.29. The van der Waals surface area contributed by atoms with Crippen LogP contribution in [-0.4, -0.2) is 6.61 Å². The Kier molecular flexibility index (Phi) is 6.40. The molecule has 3 aromatic rings. The first-order valence-electron chi connectivity index (χ1n) is 8.86. The van der Waals surface area contributed by atoms with E-state index in [0.717, 1.165) is 16.4 Å². The van der Waals surface area contributed by atoms with Gasteiger partial charge >= 0.3 is 0 Å². The van der Waals surface area contributed by atoms with E-state index in [1.165, 1.54) is 0 Å². The van der Waals surface area contributed by atoms with Gasteiger partial charge in [0.15, 0.2) is 0 Å². The summed E-state index contributed by atoms with van der Waals surface area (Å²) in [4.78, 5) is 0. The van der Waals surface area contributed by atoms with Crippen LogP contribution in [0.3, 0.4) is 0 Å². The lowest BCUT2D eigenvalue weighted by atomic mass is 10.2. The lowest BCUT2D eigenvalue weighted by Crippen LogP contribution is -2.26. The first kappa shape index (κ1) is 18.6. The predicted molar refractivity (Wildman–Crippen MR) is 108 cm³/mol. The second-order valence-electron chi connectivity index (χ2n) is 6.03. The van der Waals surface area contributed by atoms with Crippen LogP contribution >= 0.6 is 7.37 Å². The average Bonchev–Trinajstić information content (AvgIpc) is 2.70. The maximum Gasteiger partial charge on any atom is 0.252 e. The van der Waals surface area contributed by atoms with Crippen LogP contribution in [0.2, 0.25) is 0 Å². The molecule has 3 aromatic carbocycles. The van der Waals surface area contributed by atoms with Gasteiger partial charge in [-0.3, -0.25) is 9.88 Å². The third-order valence-corrected chi connectivity index (χ3v) is 7.05. The molecule has 26 heavy (non-hydrogen) atoms. The van der Waals surface area contributed by atoms with Crippen molar-refractivity contribution >= 4 is 12.7 Å². The lowest BCUT2D eigenvalue weighted by molar-refractivity contribution is 0.327. The largest absolute Gasteiger partial charge is 0.324 e. The van der Waals surface area contributed by atoms with E-state index in [1.807, 2.05) is 85.8 Å². The smallest absolute Gasteiger partial charge is 0.252 e. The van der Waals surface area contributed by atoms with Crippen LogP contribution in [0, 0.1) is 0 Å². The van der Waals surface area contributed by atoms with Gasteiger partial charge in [0, 0.05) is 11.8 Å². The molecular formula is C22H24NO2P. The third kappa shape index (κ3) is 4.31. The van der Waals surface area contributed by atoms with Crippen LogP contribution in [0.4, 0.5) is 0 Å². The molecule has 0 spiro atoms. The van der Waals surface area contributed by atoms with E-state index in [1.54, 1.807) is 0 Å². The van der Waals surface area contributed by atoms with Crippen molar-refractivity contribution < 1.29 is 9.09 Å². The number of benzene rings is 3. The van der Waals surface area contributed by atoms with Gasteiger partial charge in [-0.15, -0.1) is 0 Å². The Hall–Kier alpha value is -2.19. The second-order valence-corrected chi connectivity index (χ2v) is 8.52. The normalized spacial score (nSPS) is 14.5. The monoisotopic (exact) mass is 365 g/mol. The summed E-state index contributed by atoms with van der Waals surface area (Å²) >= 11 is 0. The molecule has 4 heteroatoms. The number of rotatable bonds is 8. The van der Waals surface area contributed by atoms with Crippen molar-refractivity contribution in [2.24, 2.45) is 0 Å². The molecule has 0 aliphatic heterocycles. The maximum absolute atomic E-state index is 14.1. The van der Waals surface area contributed by atoms with Crippen molar-refractivity contribution in [3.63, 3.8) is 0 Å². The summed E-state index contributed by atoms with van der Waals surface area (Å²) in [5.74, 6) is -0.411. The van der Waals surface area contributed by atoms with Crippen molar-refractivity contribution in [2.75, 3.05) is 6.61 Å². The minimum absolute atomic E-state index is 0.391. The molecule has 0 bridgehead atoms. The summed E-state index contributed by atoms with van der Waals surface area (Å²) in [7, 11) is -3.15. The molecular weight excluding hydrogens is 341 g/mol. The Balaban J connectivity index is 1.99. The van der Waals surface area contributed by atoms with E-state index >= 15 is 0 Å². The molecule has 0 aliphatic carbocycles. The van der Waals surface area contributed by atoms with Gasteiger partial charge in [-0.1, -0.05) is 78.9 Å². The highest BCUT2D eigenvalue weighted by Crippen LogP contribution is 2.57. The molecule has 2 atom stereocenters. The van der Waals surface area contributed by atoms with Crippen molar-refractivity contribution in [1.82, 2.24) is 5.32 Å². The van der Waals surface area contributed by atoms with Crippen molar-refractivity contribution in [3.8, 4) is 0 Å². The zero-order chi connectivity index (χ0) is 18.2. The summed E-state index contributed by atoms with van der Waals surface area (Å²) in [6.45, 7) is 2.89. The topological polar surface area (TPSA) is 38.3 Å². The summed E-state index contributed by atoms with van der Waals surface area (Å²) < 4.78 is 20.0. The van der Waals surface area contributed by atoms with Crippen LogP contribution in [-0.2, 0) is 15.6 Å². The number of hydrogen-bond donors (Lipinski definition) is 1. The average molecular weight is 365 g/mol. The number of nitrogens with one attached hydrogen (secondary N) is 1. The van der Waals surface area contributed by atoms with E-state index in [0.29, 0.717) is 13.2 Å². The quantitative estimate of drug-likeness (QED) is 0.564. The summed E-state index contributed by atoms with van der Waals surface area (Å²) in [6.07, 6.45) is 0. The van der Waals surface area contributed by atoms with E-state index < -0.39 is 13.2 Å². The predicted octanol–water partition coefficient (Wildman–Crippen LogP) is 5.12. The minimum atomic E-state index is -3.15. The van der Waals surface area contributed by atoms with Crippen LogP contribution in [0.15, 0.2) is 91.0 Å². The molecule has 1 N–H and O–H groups in total. The molecule has 0 aliphatic rings. The SMILES string of the molecule is CCOP(=O)(c1ccccc1)C(NCc1ccccc1)c1ccccc1. The van der Waals surface area contributed by atoms with Crippen molar-refractivity contribution in [2.45, 2.75) is 19.3 Å². The van der Waals surface area contributed by atoms with Gasteiger partial charge in [0.25, 0.3) is 7.37 Å². The summed E-state index contributed by atoms with van der Waals surface area (Å²) in [5.41, 5.74) is 2.11. The zero-order valence-corrected chi connectivity index (χ0v) is 15.8. The van der Waals surface area contributed by atoms with Gasteiger partial charge in [-0.2, -0.15) is 0 Å². The Morgan fingerprint density at radius 1 is 0.846 bits per heavy atom. The zero-order valence-electron chi connectivity index (χ0n) is 14.9. The van der Waals surface area contributed by atoms with Crippen LogP contribution in [0.5, 0.6) is 0 Å². The van der Waals surface area contributed by atoms with E-state index in [-0.39, 0.29) is 0 Å². The molecule has 0 fully saturated rings. The fraction of sp³-hybridized carbons (Fsp3) is 0.182. The molecule has 0 heterocycles. The number of hydrogen-bond acceptors (Lipinski definition) is 3. The van der Waals surface area contributed by atoms with E-state index in [2.05, 4.69) is 17.4 Å². The molecule has 134 valence electrons. The van der Waals surface area contributed by atoms with Crippen LogP contribution < -0.4 is 10.6 Å². The maximum atomic E-state index is 14.1. The van der Waals surface area contributed by atoms with Gasteiger partial charge in [-0.25, -0.2) is 0 Å². The van der Waals surface area contributed by atoms with Crippen molar-refractivity contribution in [1.29, 1.82) is 0 Å². The Labute approximate surface area is 155 Å². The van der Waals surface area contributed by atoms with Gasteiger partial charge in [0.1, 0.15) is 5.78 Å². The molecule has 2 unspecified atom stereocenters. The molecule has 0 aromatic heterocycles. The molecule has 3 nitrogen and oxygen atoms in total. The Morgan fingerprint density at radius 3 is 1.96 bits per heavy atom. The third-order valence-electron chi connectivity index (χ3n) is 4.23. The Morgan fingerprint density at radius 2 is 1.38 bits per heavy atom. The van der Waals surface area contributed by atoms with Gasteiger partial charge < -0.3 is 4.52 Å². The summed E-state index contributed by atoms with van der Waals surface area (Å²) in [6, 6.07) is 29.5. The van der Waals surface area contributed by atoms with E-state index in [4.69, 9.17) is 4.52 Å². The molecule has 0 saturated carbocycles. The first-order valence-corrected chi connectivity index (χ1v) is 10.6. The van der Waals surface area contributed by atoms with Crippen LogP contribution in [0.25, 0.3) is 0 Å².